The van der Waals surface area contributed by atoms with E-state index in [0.717, 1.165) is 25.7 Å². The first kappa shape index (κ1) is 40.3. The second-order valence-corrected chi connectivity index (χ2v) is 13.7. The Kier molecular flexibility index (Phi) is 34.9. The van der Waals surface area contributed by atoms with Crippen molar-refractivity contribution in [3.8, 4) is 0 Å². The van der Waals surface area contributed by atoms with E-state index in [1.165, 1.54) is 178 Å². The van der Waals surface area contributed by atoms with Gasteiger partial charge in [0.05, 0.1) is 0 Å². The Balaban J connectivity index is 3.04. The van der Waals surface area contributed by atoms with Gasteiger partial charge in [0.1, 0.15) is 0 Å². The Morgan fingerprint density at radius 2 is 0.463 bits per heavy atom. The molecule has 0 bridgehead atoms. The van der Waals surface area contributed by atoms with Gasteiger partial charge in [0.15, 0.2) is 0 Å². The summed E-state index contributed by atoms with van der Waals surface area (Å²) in [6.45, 7) is 0. The van der Waals surface area contributed by atoms with Gasteiger partial charge in [-0.05, 0) is 37.2 Å². The molecule has 5 heteroatoms. The Bertz CT molecular complexity index is 494. The van der Waals surface area contributed by atoms with Crippen LogP contribution in [0, 0.1) is 0 Å². The van der Waals surface area contributed by atoms with Crippen LogP contribution in [0.1, 0.15) is 205 Å². The Hall–Kier alpha value is -0.710. The summed E-state index contributed by atoms with van der Waals surface area (Å²) in [5.41, 5.74) is 0. The number of carboxylic acid groups (broad SMARTS) is 2. The van der Waals surface area contributed by atoms with Crippen LogP contribution < -0.4 is 0 Å². The minimum atomic E-state index is -0.655. The third-order valence-corrected chi connectivity index (χ3v) is 9.51. The van der Waals surface area contributed by atoms with Crippen LogP contribution in [0.3, 0.4) is 0 Å². The molecule has 41 heavy (non-hydrogen) atoms. The third-order valence-electron chi connectivity index (χ3n) is 8.36. The molecule has 0 aromatic carbocycles. The molecule has 0 aromatic heterocycles. The van der Waals surface area contributed by atoms with E-state index in [4.69, 9.17) is 10.2 Å². The minimum Gasteiger partial charge on any atom is -0.481 e. The molecule has 0 aromatic rings. The summed E-state index contributed by atoms with van der Waals surface area (Å²) in [7, 11) is 0. The smallest absolute Gasteiger partial charge is 0.303 e. The highest BCUT2D eigenvalue weighted by molar-refractivity contribution is 7.99. The molecule has 244 valence electrons. The van der Waals surface area contributed by atoms with Crippen LogP contribution in [0.5, 0.6) is 0 Å². The fourth-order valence-electron chi connectivity index (χ4n) is 5.66. The maximum atomic E-state index is 10.5. The third kappa shape index (κ3) is 39.3. The lowest BCUT2D eigenvalue weighted by Gasteiger charge is -2.05. The van der Waals surface area contributed by atoms with Gasteiger partial charge in [-0.3, -0.25) is 9.59 Å². The zero-order valence-corrected chi connectivity index (χ0v) is 28.0. The number of thioether (sulfide) groups is 1. The topological polar surface area (TPSA) is 74.6 Å². The van der Waals surface area contributed by atoms with Crippen molar-refractivity contribution in [2.75, 3.05) is 11.5 Å². The van der Waals surface area contributed by atoms with E-state index in [1.54, 1.807) is 0 Å². The SMILES string of the molecule is O=C(O)CCCCCCCCCCCCCCCCCSCCCCCCCCCCCCCCCCCC(=O)O. The largest absolute Gasteiger partial charge is 0.481 e. The first-order chi connectivity index (χ1) is 20.1. The summed E-state index contributed by atoms with van der Waals surface area (Å²) in [5, 5.41) is 17.3. The van der Waals surface area contributed by atoms with Crippen molar-refractivity contribution in [3.05, 3.63) is 0 Å². The Labute approximate surface area is 260 Å². The van der Waals surface area contributed by atoms with Crippen LogP contribution in [-0.4, -0.2) is 33.7 Å². The molecule has 0 amide bonds. The predicted octanol–water partition coefficient (Wildman–Crippen LogP) is 12.4. The lowest BCUT2D eigenvalue weighted by molar-refractivity contribution is -0.138. The quantitative estimate of drug-likeness (QED) is 0.0702. The van der Waals surface area contributed by atoms with Crippen molar-refractivity contribution in [2.24, 2.45) is 0 Å². The van der Waals surface area contributed by atoms with Crippen molar-refractivity contribution in [3.63, 3.8) is 0 Å². The second kappa shape index (κ2) is 35.5. The van der Waals surface area contributed by atoms with Gasteiger partial charge in [-0.1, -0.05) is 167 Å². The number of aliphatic carboxylic acids is 2. The molecular formula is C36H70O4S. The first-order valence-electron chi connectivity index (χ1n) is 18.1. The number of hydrogen-bond donors (Lipinski definition) is 2. The molecule has 0 spiro atoms. The van der Waals surface area contributed by atoms with Gasteiger partial charge in [0, 0.05) is 12.8 Å². The fraction of sp³-hybridized carbons (Fsp3) is 0.944. The minimum absolute atomic E-state index is 0.339. The monoisotopic (exact) mass is 598 g/mol. The standard InChI is InChI=1S/C36H70O4S/c37-35(38)31-27-23-19-15-11-7-3-1-5-9-13-17-21-25-29-33-41-34-30-26-22-18-14-10-6-2-4-8-12-16-20-24-28-32-36(39)40/h1-34H2,(H,37,38)(H,39,40). The average molecular weight is 599 g/mol. The number of rotatable bonds is 36. The van der Waals surface area contributed by atoms with Gasteiger partial charge < -0.3 is 10.2 Å². The Morgan fingerprint density at radius 1 is 0.293 bits per heavy atom. The van der Waals surface area contributed by atoms with Crippen molar-refractivity contribution < 1.29 is 19.8 Å². The fourth-order valence-corrected chi connectivity index (χ4v) is 6.68. The molecule has 0 saturated carbocycles. The number of hydrogen-bond acceptors (Lipinski definition) is 3. The highest BCUT2D eigenvalue weighted by Gasteiger charge is 1.99. The molecule has 0 rings (SSSR count). The lowest BCUT2D eigenvalue weighted by Crippen LogP contribution is -1.93. The molecule has 0 aliphatic rings. The summed E-state index contributed by atoms with van der Waals surface area (Å²) in [4.78, 5) is 20.9. The summed E-state index contributed by atoms with van der Waals surface area (Å²) in [6, 6.07) is 0. The molecule has 0 aliphatic carbocycles. The van der Waals surface area contributed by atoms with E-state index in [2.05, 4.69) is 11.8 Å². The average Bonchev–Trinajstić information content (AvgIpc) is 2.94. The molecule has 0 radical (unpaired) electrons. The highest BCUT2D eigenvalue weighted by atomic mass is 32.2. The van der Waals surface area contributed by atoms with Crippen LogP contribution in [0.25, 0.3) is 0 Å². The summed E-state index contributed by atoms with van der Waals surface area (Å²) >= 11 is 2.18. The zero-order chi connectivity index (χ0) is 29.9. The summed E-state index contributed by atoms with van der Waals surface area (Å²) in [6.07, 6.45) is 40.4. The van der Waals surface area contributed by atoms with E-state index < -0.39 is 11.9 Å². The van der Waals surface area contributed by atoms with Gasteiger partial charge in [0.25, 0.3) is 0 Å². The highest BCUT2D eigenvalue weighted by Crippen LogP contribution is 2.17. The van der Waals surface area contributed by atoms with Crippen LogP contribution in [-0.2, 0) is 9.59 Å². The van der Waals surface area contributed by atoms with E-state index in [0.29, 0.717) is 12.8 Å². The van der Waals surface area contributed by atoms with Gasteiger partial charge in [-0.25, -0.2) is 0 Å². The lowest BCUT2D eigenvalue weighted by atomic mass is 10.0. The first-order valence-corrected chi connectivity index (χ1v) is 19.3. The zero-order valence-electron chi connectivity index (χ0n) is 27.2. The van der Waals surface area contributed by atoms with Gasteiger partial charge in [-0.2, -0.15) is 11.8 Å². The summed E-state index contributed by atoms with van der Waals surface area (Å²) in [5.74, 6) is 1.42. The molecule has 0 saturated heterocycles. The van der Waals surface area contributed by atoms with E-state index in [9.17, 15) is 9.59 Å². The summed E-state index contributed by atoms with van der Waals surface area (Å²) < 4.78 is 0. The molecule has 0 heterocycles. The van der Waals surface area contributed by atoms with Crippen LogP contribution in [0.4, 0.5) is 0 Å². The van der Waals surface area contributed by atoms with Crippen molar-refractivity contribution >= 4 is 23.7 Å². The van der Waals surface area contributed by atoms with Crippen LogP contribution >= 0.6 is 11.8 Å². The number of carbonyl (C=O) groups is 2. The number of carboxylic acids is 2. The second-order valence-electron chi connectivity index (χ2n) is 12.5. The van der Waals surface area contributed by atoms with Crippen LogP contribution in [0.2, 0.25) is 0 Å². The molecule has 0 aliphatic heterocycles. The van der Waals surface area contributed by atoms with Gasteiger partial charge in [0.2, 0.25) is 0 Å². The van der Waals surface area contributed by atoms with E-state index in [-0.39, 0.29) is 0 Å². The van der Waals surface area contributed by atoms with E-state index in [1.807, 2.05) is 0 Å². The van der Waals surface area contributed by atoms with Crippen molar-refractivity contribution in [1.29, 1.82) is 0 Å². The molecule has 2 N–H and O–H groups in total. The molecule has 0 unspecified atom stereocenters. The van der Waals surface area contributed by atoms with Crippen LogP contribution in [0.15, 0.2) is 0 Å². The maximum Gasteiger partial charge on any atom is 0.303 e. The Morgan fingerprint density at radius 3 is 0.659 bits per heavy atom. The molecule has 4 nitrogen and oxygen atoms in total. The van der Waals surface area contributed by atoms with Crippen molar-refractivity contribution in [1.82, 2.24) is 0 Å². The molecule has 0 atom stereocenters. The van der Waals surface area contributed by atoms with E-state index >= 15 is 0 Å². The van der Waals surface area contributed by atoms with Crippen molar-refractivity contribution in [2.45, 2.75) is 205 Å². The maximum absolute atomic E-state index is 10.5. The molecule has 0 fully saturated rings. The normalized spacial score (nSPS) is 11.3. The molecular weight excluding hydrogens is 528 g/mol. The van der Waals surface area contributed by atoms with Gasteiger partial charge in [-0.15, -0.1) is 0 Å². The predicted molar refractivity (Wildman–Crippen MR) is 180 cm³/mol. The number of unbranched alkanes of at least 4 members (excludes halogenated alkanes) is 28. The van der Waals surface area contributed by atoms with Gasteiger partial charge >= 0.3 is 11.9 Å².